The average molecular weight is 425 g/mol. The molecular formula is C22H33ClN2O4. The van der Waals surface area contributed by atoms with Gasteiger partial charge in [-0.15, -0.1) is 11.6 Å². The number of nitrogens with zero attached hydrogens (tertiary/aromatic N) is 1. The summed E-state index contributed by atoms with van der Waals surface area (Å²) in [5.41, 5.74) is 0.677. The van der Waals surface area contributed by atoms with Crippen molar-refractivity contribution in [3.8, 4) is 11.5 Å². The maximum atomic E-state index is 13.4. The molecule has 1 N–H and O–H groups in total. The zero-order chi connectivity index (χ0) is 21.4. The van der Waals surface area contributed by atoms with Gasteiger partial charge in [-0.25, -0.2) is 0 Å². The maximum Gasteiger partial charge on any atom is 0.247 e. The zero-order valence-corrected chi connectivity index (χ0v) is 18.6. The Kier molecular flexibility index (Phi) is 9.08. The van der Waals surface area contributed by atoms with Crippen LogP contribution in [0.2, 0.25) is 0 Å². The quantitative estimate of drug-likeness (QED) is 0.610. The first-order valence-electron chi connectivity index (χ1n) is 10.3. The van der Waals surface area contributed by atoms with Crippen molar-refractivity contribution in [1.82, 2.24) is 10.2 Å². The Hall–Kier alpha value is -1.95. The lowest BCUT2D eigenvalue weighted by molar-refractivity contribution is -0.139. The van der Waals surface area contributed by atoms with E-state index in [0.29, 0.717) is 29.5 Å². The first-order chi connectivity index (χ1) is 13.9. The van der Waals surface area contributed by atoms with Crippen LogP contribution in [-0.4, -0.2) is 49.4 Å². The molecule has 1 aliphatic rings. The number of methoxy groups -OCH3 is 2. The summed E-state index contributed by atoms with van der Waals surface area (Å²) in [5.74, 6) is 1.17. The van der Waals surface area contributed by atoms with Crippen LogP contribution in [0.4, 0.5) is 0 Å². The third-order valence-corrected chi connectivity index (χ3v) is 5.77. The number of ether oxygens (including phenoxy) is 2. The number of rotatable bonds is 9. The summed E-state index contributed by atoms with van der Waals surface area (Å²) in [6.07, 6.45) is 4.85. The molecule has 0 spiro atoms. The van der Waals surface area contributed by atoms with E-state index in [-0.39, 0.29) is 23.7 Å². The van der Waals surface area contributed by atoms with Crippen molar-refractivity contribution in [3.05, 3.63) is 23.8 Å². The van der Waals surface area contributed by atoms with E-state index in [9.17, 15) is 9.59 Å². The first kappa shape index (κ1) is 23.3. The molecule has 29 heavy (non-hydrogen) atoms. The highest BCUT2D eigenvalue weighted by atomic mass is 35.5. The molecule has 0 aromatic heterocycles. The third-order valence-electron chi connectivity index (χ3n) is 5.54. The van der Waals surface area contributed by atoms with Gasteiger partial charge in [-0.05, 0) is 55.7 Å². The minimum absolute atomic E-state index is 0.135. The predicted molar refractivity (Wildman–Crippen MR) is 115 cm³/mol. The van der Waals surface area contributed by atoms with Crippen LogP contribution in [0, 0.1) is 5.92 Å². The number of carbonyl (C=O) groups excluding carboxylic acids is 2. The molecule has 7 heteroatoms. The number of halogens is 1. The van der Waals surface area contributed by atoms with Gasteiger partial charge in [0.2, 0.25) is 11.8 Å². The standard InChI is InChI=1S/C22H33ClN2O4/c1-5-12-25(20(26)14-23)21(16-8-11-18(28-3)19(13-16)29-4)22(27)24-17-9-6-15(2)7-10-17/h8,11,13,15,17,21H,5-7,9-10,12,14H2,1-4H3,(H,24,27)/t15?,17?,21-/m1/s1. The third kappa shape index (κ3) is 6.01. The fraction of sp³-hybridized carbons (Fsp3) is 0.636. The van der Waals surface area contributed by atoms with E-state index in [1.807, 2.05) is 6.92 Å². The number of carbonyl (C=O) groups is 2. The van der Waals surface area contributed by atoms with Crippen molar-refractivity contribution < 1.29 is 19.1 Å². The molecule has 1 aromatic carbocycles. The fourth-order valence-corrected chi connectivity index (χ4v) is 4.05. The Labute approximate surface area is 178 Å². The molecule has 1 fully saturated rings. The predicted octanol–water partition coefficient (Wildman–Crippen LogP) is 3.92. The summed E-state index contributed by atoms with van der Waals surface area (Å²) in [7, 11) is 3.11. The van der Waals surface area contributed by atoms with E-state index in [1.165, 1.54) is 0 Å². The second kappa shape index (κ2) is 11.3. The van der Waals surface area contributed by atoms with Gasteiger partial charge in [0.15, 0.2) is 11.5 Å². The monoisotopic (exact) mass is 424 g/mol. The number of alkyl halides is 1. The van der Waals surface area contributed by atoms with Crippen molar-refractivity contribution in [1.29, 1.82) is 0 Å². The van der Waals surface area contributed by atoms with Gasteiger partial charge in [0, 0.05) is 12.6 Å². The van der Waals surface area contributed by atoms with Gasteiger partial charge in [-0.3, -0.25) is 9.59 Å². The molecule has 1 aliphatic carbocycles. The van der Waals surface area contributed by atoms with Gasteiger partial charge in [-0.2, -0.15) is 0 Å². The normalized spacial score (nSPS) is 19.9. The van der Waals surface area contributed by atoms with E-state index in [2.05, 4.69) is 12.2 Å². The molecule has 0 aliphatic heterocycles. The van der Waals surface area contributed by atoms with Gasteiger partial charge in [-0.1, -0.05) is 19.9 Å². The van der Waals surface area contributed by atoms with Gasteiger partial charge in [0.25, 0.3) is 0 Å². The van der Waals surface area contributed by atoms with Crippen LogP contribution in [0.25, 0.3) is 0 Å². The van der Waals surface area contributed by atoms with Crippen LogP contribution in [-0.2, 0) is 9.59 Å². The zero-order valence-electron chi connectivity index (χ0n) is 17.9. The van der Waals surface area contributed by atoms with Crippen molar-refractivity contribution in [3.63, 3.8) is 0 Å². The highest BCUT2D eigenvalue weighted by molar-refractivity contribution is 6.27. The maximum absolute atomic E-state index is 13.4. The van der Waals surface area contributed by atoms with Gasteiger partial charge >= 0.3 is 0 Å². The minimum Gasteiger partial charge on any atom is -0.493 e. The summed E-state index contributed by atoms with van der Waals surface area (Å²) >= 11 is 5.87. The van der Waals surface area contributed by atoms with Gasteiger partial charge in [0.05, 0.1) is 14.2 Å². The second-order valence-electron chi connectivity index (χ2n) is 7.70. The molecule has 0 heterocycles. The summed E-state index contributed by atoms with van der Waals surface area (Å²) in [6.45, 7) is 4.66. The minimum atomic E-state index is -0.764. The fourth-order valence-electron chi connectivity index (χ4n) is 3.90. The lowest BCUT2D eigenvalue weighted by Gasteiger charge is -2.34. The Morgan fingerprint density at radius 2 is 1.83 bits per heavy atom. The molecule has 1 atom stereocenters. The van der Waals surface area contributed by atoms with E-state index >= 15 is 0 Å². The van der Waals surface area contributed by atoms with E-state index in [4.69, 9.17) is 21.1 Å². The molecular weight excluding hydrogens is 392 g/mol. The largest absolute Gasteiger partial charge is 0.493 e. The van der Waals surface area contributed by atoms with Crippen LogP contribution in [0.1, 0.15) is 57.6 Å². The molecule has 2 rings (SSSR count). The first-order valence-corrected chi connectivity index (χ1v) is 10.9. The molecule has 0 saturated heterocycles. The Morgan fingerprint density at radius 1 is 1.17 bits per heavy atom. The molecule has 0 radical (unpaired) electrons. The highest BCUT2D eigenvalue weighted by Gasteiger charge is 2.33. The Bertz CT molecular complexity index is 689. The van der Waals surface area contributed by atoms with Crippen LogP contribution in [0.3, 0.4) is 0 Å². The van der Waals surface area contributed by atoms with Crippen molar-refractivity contribution in [2.24, 2.45) is 5.92 Å². The number of amides is 2. The van der Waals surface area contributed by atoms with Crippen molar-refractivity contribution in [2.75, 3.05) is 26.6 Å². The second-order valence-corrected chi connectivity index (χ2v) is 7.97. The average Bonchev–Trinajstić information content (AvgIpc) is 2.74. The summed E-state index contributed by atoms with van der Waals surface area (Å²) < 4.78 is 10.7. The number of hydrogen-bond acceptors (Lipinski definition) is 4. The molecule has 0 bridgehead atoms. The summed E-state index contributed by atoms with van der Waals surface area (Å²) in [5, 5.41) is 3.17. The molecule has 6 nitrogen and oxygen atoms in total. The van der Waals surface area contributed by atoms with Gasteiger partial charge < -0.3 is 19.7 Å². The van der Waals surface area contributed by atoms with Crippen molar-refractivity contribution >= 4 is 23.4 Å². The van der Waals surface area contributed by atoms with E-state index in [1.54, 1.807) is 37.3 Å². The Balaban J connectivity index is 2.36. The van der Waals surface area contributed by atoms with Crippen LogP contribution in [0.15, 0.2) is 18.2 Å². The number of nitrogens with one attached hydrogen (secondary N) is 1. The molecule has 2 amide bonds. The molecule has 162 valence electrons. The molecule has 0 unspecified atom stereocenters. The SMILES string of the molecule is CCCN(C(=O)CCl)[C@@H](C(=O)NC1CCC(C)CC1)c1ccc(OC)c(OC)c1. The Morgan fingerprint density at radius 3 is 2.38 bits per heavy atom. The molecule has 1 saturated carbocycles. The van der Waals surface area contributed by atoms with E-state index < -0.39 is 6.04 Å². The number of hydrogen-bond donors (Lipinski definition) is 1. The lowest BCUT2D eigenvalue weighted by atomic mass is 9.87. The van der Waals surface area contributed by atoms with Crippen LogP contribution in [0.5, 0.6) is 11.5 Å². The van der Waals surface area contributed by atoms with Crippen molar-refractivity contribution in [2.45, 2.75) is 58.0 Å². The number of benzene rings is 1. The highest BCUT2D eigenvalue weighted by Crippen LogP contribution is 2.33. The molecule has 1 aromatic rings. The van der Waals surface area contributed by atoms with E-state index in [0.717, 1.165) is 32.1 Å². The lowest BCUT2D eigenvalue weighted by Crippen LogP contribution is -2.48. The smallest absolute Gasteiger partial charge is 0.247 e. The van der Waals surface area contributed by atoms with Crippen LogP contribution < -0.4 is 14.8 Å². The van der Waals surface area contributed by atoms with Crippen LogP contribution >= 0.6 is 11.6 Å². The topological polar surface area (TPSA) is 67.9 Å². The van der Waals surface area contributed by atoms with Gasteiger partial charge in [0.1, 0.15) is 11.9 Å². The summed E-state index contributed by atoms with van der Waals surface area (Å²) in [6, 6.07) is 4.69. The summed E-state index contributed by atoms with van der Waals surface area (Å²) in [4.78, 5) is 27.5.